The predicted octanol–water partition coefficient (Wildman–Crippen LogP) is 4.71. The van der Waals surface area contributed by atoms with E-state index < -0.39 is 11.8 Å². The van der Waals surface area contributed by atoms with Crippen molar-refractivity contribution in [2.45, 2.75) is 43.9 Å². The Balaban J connectivity index is 1.32. The summed E-state index contributed by atoms with van der Waals surface area (Å²) >= 11 is 0. The van der Waals surface area contributed by atoms with Crippen molar-refractivity contribution in [2.75, 3.05) is 5.32 Å². The van der Waals surface area contributed by atoms with Crippen molar-refractivity contribution in [3.63, 3.8) is 0 Å². The number of hydrogen-bond acceptors (Lipinski definition) is 4. The van der Waals surface area contributed by atoms with Crippen LogP contribution in [0.15, 0.2) is 78.9 Å². The molecule has 1 spiro atoms. The van der Waals surface area contributed by atoms with Gasteiger partial charge in [-0.2, -0.15) is 0 Å². The van der Waals surface area contributed by atoms with Crippen molar-refractivity contribution in [2.24, 2.45) is 0 Å². The molecule has 3 aromatic carbocycles. The van der Waals surface area contributed by atoms with E-state index >= 15 is 0 Å². The second-order valence-electron chi connectivity index (χ2n) is 8.55. The lowest BCUT2D eigenvalue weighted by Gasteiger charge is -2.21. The molecule has 1 atom stereocenters. The third-order valence-electron chi connectivity index (χ3n) is 6.11. The average Bonchev–Trinajstić information content (AvgIpc) is 3.45. The Hall–Kier alpha value is -3.80. The van der Waals surface area contributed by atoms with Gasteiger partial charge in [-0.1, -0.05) is 48.5 Å². The summed E-state index contributed by atoms with van der Waals surface area (Å²) in [5.41, 5.74) is 2.07. The molecule has 0 aromatic heterocycles. The fourth-order valence-corrected chi connectivity index (χ4v) is 4.41. The molecule has 168 valence electrons. The fraction of sp³-hybridized carbons (Fsp3) is 0.259. The zero-order chi connectivity index (χ0) is 22.7. The molecule has 1 heterocycles. The minimum Gasteiger partial charge on any atom is -0.448 e. The van der Waals surface area contributed by atoms with Crippen LogP contribution in [-0.4, -0.2) is 23.6 Å². The number of fused-ring (bicyclic) bond motifs is 1. The minimum absolute atomic E-state index is 0.291. The first-order chi connectivity index (χ1) is 16.1. The van der Waals surface area contributed by atoms with Crippen LogP contribution in [0.1, 0.15) is 41.6 Å². The van der Waals surface area contributed by atoms with E-state index in [0.717, 1.165) is 31.2 Å². The molecule has 1 aliphatic heterocycles. The first-order valence-electron chi connectivity index (χ1n) is 11.3. The highest BCUT2D eigenvalue weighted by Crippen LogP contribution is 2.47. The lowest BCUT2D eigenvalue weighted by Crippen LogP contribution is -2.45. The largest absolute Gasteiger partial charge is 0.448 e. The maximum atomic E-state index is 13.2. The van der Waals surface area contributed by atoms with Crippen LogP contribution in [-0.2, 0) is 11.2 Å². The second-order valence-corrected chi connectivity index (χ2v) is 8.55. The highest BCUT2D eigenvalue weighted by Gasteiger charge is 2.44. The summed E-state index contributed by atoms with van der Waals surface area (Å²) in [6.07, 6.45) is 4.28. The van der Waals surface area contributed by atoms with Crippen LogP contribution >= 0.6 is 0 Å². The summed E-state index contributed by atoms with van der Waals surface area (Å²) in [4.78, 5) is 26.0. The Morgan fingerprint density at radius 2 is 1.52 bits per heavy atom. The standard InChI is InChI=1S/C27H26N2O4/c30-25(20-11-5-2-6-12-20)29-22(17-19-9-3-1-4-10-19)26(31)28-21-13-14-23-24(18-21)33-27(32-23)15-7-8-16-27/h1-6,9-14,18,22H,7-8,15-17H2,(H,28,31)(H,29,30)/t22-/m1/s1. The number of benzene rings is 3. The summed E-state index contributed by atoms with van der Waals surface area (Å²) in [5, 5.41) is 5.83. The molecule has 3 aromatic rings. The predicted molar refractivity (Wildman–Crippen MR) is 125 cm³/mol. The van der Waals surface area contributed by atoms with Crippen LogP contribution in [0.5, 0.6) is 11.5 Å². The number of carbonyl (C=O) groups is 2. The van der Waals surface area contributed by atoms with E-state index in [0.29, 0.717) is 29.2 Å². The molecule has 1 saturated carbocycles. The van der Waals surface area contributed by atoms with Gasteiger partial charge in [0.05, 0.1) is 0 Å². The van der Waals surface area contributed by atoms with Gasteiger partial charge in [0.15, 0.2) is 11.5 Å². The Bertz CT molecular complexity index is 1140. The molecule has 0 saturated heterocycles. The Morgan fingerprint density at radius 3 is 2.24 bits per heavy atom. The van der Waals surface area contributed by atoms with Gasteiger partial charge in [-0.3, -0.25) is 9.59 Å². The molecule has 33 heavy (non-hydrogen) atoms. The molecule has 2 amide bonds. The molecular formula is C27H26N2O4. The smallest absolute Gasteiger partial charge is 0.251 e. The van der Waals surface area contributed by atoms with E-state index in [4.69, 9.17) is 9.47 Å². The second kappa shape index (κ2) is 8.98. The first kappa shape index (κ1) is 21.1. The van der Waals surface area contributed by atoms with E-state index in [1.165, 1.54) is 0 Å². The molecule has 6 heteroatoms. The summed E-state index contributed by atoms with van der Waals surface area (Å²) < 4.78 is 12.2. The number of nitrogens with one attached hydrogen (secondary N) is 2. The maximum Gasteiger partial charge on any atom is 0.251 e. The first-order valence-corrected chi connectivity index (χ1v) is 11.3. The van der Waals surface area contributed by atoms with Gasteiger partial charge in [-0.25, -0.2) is 0 Å². The lowest BCUT2D eigenvalue weighted by molar-refractivity contribution is -0.118. The third kappa shape index (κ3) is 4.70. The number of carbonyl (C=O) groups excluding carboxylic acids is 2. The lowest BCUT2D eigenvalue weighted by atomic mass is 10.0. The number of hydrogen-bond donors (Lipinski definition) is 2. The normalized spacial score (nSPS) is 16.4. The zero-order valence-corrected chi connectivity index (χ0v) is 18.3. The topological polar surface area (TPSA) is 76.7 Å². The van der Waals surface area contributed by atoms with Crippen LogP contribution < -0.4 is 20.1 Å². The van der Waals surface area contributed by atoms with Crippen LogP contribution in [0.2, 0.25) is 0 Å². The van der Waals surface area contributed by atoms with Gasteiger partial charge in [0.25, 0.3) is 11.7 Å². The van der Waals surface area contributed by atoms with Crippen LogP contribution in [0.4, 0.5) is 5.69 Å². The van der Waals surface area contributed by atoms with E-state index in [9.17, 15) is 9.59 Å². The maximum absolute atomic E-state index is 13.2. The quantitative estimate of drug-likeness (QED) is 0.580. The number of amides is 2. The number of rotatable bonds is 6. The summed E-state index contributed by atoms with van der Waals surface area (Å²) in [5.74, 6) is 0.207. The molecule has 0 bridgehead atoms. The van der Waals surface area contributed by atoms with Crippen molar-refractivity contribution >= 4 is 17.5 Å². The highest BCUT2D eigenvalue weighted by molar-refractivity contribution is 6.01. The molecule has 1 aliphatic carbocycles. The van der Waals surface area contributed by atoms with Crippen molar-refractivity contribution in [3.05, 3.63) is 90.0 Å². The molecule has 2 aliphatic rings. The van der Waals surface area contributed by atoms with Crippen molar-refractivity contribution in [1.29, 1.82) is 0 Å². The molecule has 1 fully saturated rings. The molecular weight excluding hydrogens is 416 g/mol. The SMILES string of the molecule is O=C(N[C@H](Cc1ccccc1)C(=O)Nc1ccc2c(c1)OC1(CCCC1)O2)c1ccccc1. The summed E-state index contributed by atoms with van der Waals surface area (Å²) in [7, 11) is 0. The van der Waals surface area contributed by atoms with E-state index in [1.54, 1.807) is 36.4 Å². The van der Waals surface area contributed by atoms with Gasteiger partial charge in [0, 0.05) is 36.6 Å². The summed E-state index contributed by atoms with van der Waals surface area (Å²) in [6, 6.07) is 23.2. The Morgan fingerprint density at radius 1 is 0.848 bits per heavy atom. The van der Waals surface area contributed by atoms with E-state index in [-0.39, 0.29) is 11.8 Å². The monoisotopic (exact) mass is 442 g/mol. The van der Waals surface area contributed by atoms with Crippen molar-refractivity contribution < 1.29 is 19.1 Å². The molecule has 6 nitrogen and oxygen atoms in total. The average molecular weight is 443 g/mol. The zero-order valence-electron chi connectivity index (χ0n) is 18.3. The molecule has 2 N–H and O–H groups in total. The minimum atomic E-state index is -0.744. The summed E-state index contributed by atoms with van der Waals surface area (Å²) in [6.45, 7) is 0. The van der Waals surface area contributed by atoms with E-state index in [2.05, 4.69) is 10.6 Å². The van der Waals surface area contributed by atoms with Gasteiger partial charge in [-0.05, 0) is 42.7 Å². The van der Waals surface area contributed by atoms with Crippen LogP contribution in [0, 0.1) is 0 Å². The van der Waals surface area contributed by atoms with Gasteiger partial charge >= 0.3 is 0 Å². The third-order valence-corrected chi connectivity index (χ3v) is 6.11. The Labute approximate surface area is 192 Å². The highest BCUT2D eigenvalue weighted by atomic mass is 16.7. The fourth-order valence-electron chi connectivity index (χ4n) is 4.41. The van der Waals surface area contributed by atoms with Gasteiger partial charge in [-0.15, -0.1) is 0 Å². The molecule has 5 rings (SSSR count). The van der Waals surface area contributed by atoms with Crippen molar-refractivity contribution in [3.8, 4) is 11.5 Å². The van der Waals surface area contributed by atoms with Gasteiger partial charge < -0.3 is 20.1 Å². The molecule has 0 radical (unpaired) electrons. The van der Waals surface area contributed by atoms with Gasteiger partial charge in [0.1, 0.15) is 6.04 Å². The molecule has 0 unspecified atom stereocenters. The van der Waals surface area contributed by atoms with Gasteiger partial charge in [0.2, 0.25) is 5.91 Å². The van der Waals surface area contributed by atoms with E-state index in [1.807, 2.05) is 42.5 Å². The Kier molecular flexibility index (Phi) is 5.73. The van der Waals surface area contributed by atoms with Crippen LogP contribution in [0.25, 0.3) is 0 Å². The number of ether oxygens (including phenoxy) is 2. The van der Waals surface area contributed by atoms with Crippen molar-refractivity contribution in [1.82, 2.24) is 5.32 Å². The van der Waals surface area contributed by atoms with Crippen LogP contribution in [0.3, 0.4) is 0 Å². The number of anilines is 1.